The lowest BCUT2D eigenvalue weighted by Crippen LogP contribution is -2.17. The van der Waals surface area contributed by atoms with Crippen molar-refractivity contribution in [3.8, 4) is 11.6 Å². The highest BCUT2D eigenvalue weighted by Gasteiger charge is 2.32. The minimum absolute atomic E-state index is 0.179. The first-order chi connectivity index (χ1) is 20.2. The minimum atomic E-state index is -4.45. The fourth-order valence-electron chi connectivity index (χ4n) is 3.86. The van der Waals surface area contributed by atoms with E-state index in [-0.39, 0.29) is 22.6 Å². The summed E-state index contributed by atoms with van der Waals surface area (Å²) in [4.78, 5) is 30.5. The zero-order chi connectivity index (χ0) is 33.3. The molecule has 0 aliphatic rings. The van der Waals surface area contributed by atoms with Crippen LogP contribution in [0.3, 0.4) is 0 Å². The fraction of sp³-hybridized carbons (Fsp3) is 0.379. The van der Waals surface area contributed by atoms with Gasteiger partial charge in [0.25, 0.3) is 0 Å². The van der Waals surface area contributed by atoms with Gasteiger partial charge in [-0.3, -0.25) is 4.79 Å². The van der Waals surface area contributed by atoms with E-state index in [2.05, 4.69) is 20.2 Å². The van der Waals surface area contributed by atoms with E-state index in [1.807, 2.05) is 41.5 Å². The zero-order valence-electron chi connectivity index (χ0n) is 24.9. The molecule has 0 saturated heterocycles. The number of alkyl halides is 6. The third-order valence-electron chi connectivity index (χ3n) is 6.03. The van der Waals surface area contributed by atoms with Gasteiger partial charge in [0, 0.05) is 35.6 Å². The van der Waals surface area contributed by atoms with Crippen LogP contribution in [-0.4, -0.2) is 48.9 Å². The maximum Gasteiger partial charge on any atom is 0.417 e. The van der Waals surface area contributed by atoms with Gasteiger partial charge < -0.3 is 4.74 Å². The number of hydrogen-bond donors (Lipinski definition) is 0. The van der Waals surface area contributed by atoms with Gasteiger partial charge in [-0.05, 0) is 24.3 Å². The van der Waals surface area contributed by atoms with Gasteiger partial charge in [0.1, 0.15) is 5.56 Å². The Morgan fingerprint density at radius 1 is 0.727 bits per heavy atom. The van der Waals surface area contributed by atoms with Crippen LogP contribution in [0, 0.1) is 0 Å². The molecule has 0 saturated carbocycles. The molecule has 4 rings (SSSR count). The van der Waals surface area contributed by atoms with Crippen molar-refractivity contribution in [1.29, 1.82) is 0 Å². The van der Waals surface area contributed by atoms with Crippen molar-refractivity contribution in [3.63, 3.8) is 0 Å². The van der Waals surface area contributed by atoms with E-state index in [1.54, 1.807) is 0 Å². The van der Waals surface area contributed by atoms with Crippen molar-refractivity contribution >= 4 is 12.3 Å². The monoisotopic (exact) mass is 624 g/mol. The van der Waals surface area contributed by atoms with Crippen LogP contribution in [0.1, 0.15) is 84.8 Å². The minimum Gasteiger partial charge on any atom is -0.465 e. The van der Waals surface area contributed by atoms with E-state index in [0.29, 0.717) is 23.2 Å². The Kier molecular flexibility index (Phi) is 9.41. The Labute approximate surface area is 248 Å². The molecule has 4 aromatic rings. The predicted octanol–water partition coefficient (Wildman–Crippen LogP) is 6.77. The standard InChI is InChI=1S/C15H16F3N3O2.C14H14F3N3O/c1-14(2,3)12-10(13(22)23-4)8-21(20-12)11-6-5-9(7-19-11)15(16,17)18;1-13(2,3)12-9(8-21)7-20(19-12)11-5-4-10(6-18-11)14(15,16)17/h5-8H,1-4H3;4-8H,1-3H3. The highest BCUT2D eigenvalue weighted by Crippen LogP contribution is 2.31. The molecule has 0 aromatic carbocycles. The van der Waals surface area contributed by atoms with E-state index < -0.39 is 34.9 Å². The van der Waals surface area contributed by atoms with Crippen LogP contribution >= 0.6 is 0 Å². The number of halogens is 6. The molecule has 236 valence electrons. The van der Waals surface area contributed by atoms with Gasteiger partial charge in [-0.15, -0.1) is 0 Å². The first-order valence-corrected chi connectivity index (χ1v) is 13.0. The van der Waals surface area contributed by atoms with Gasteiger partial charge >= 0.3 is 18.3 Å². The molecule has 4 aromatic heterocycles. The maximum atomic E-state index is 12.6. The number of rotatable bonds is 4. The SMILES string of the molecule is CC(C)(C)c1nn(-c2ccc(C(F)(F)F)cn2)cc1C=O.COC(=O)c1cn(-c2ccc(C(F)(F)F)cn2)nc1C(C)(C)C. The molecule has 0 aliphatic heterocycles. The molecule has 0 aliphatic carbocycles. The number of ether oxygens (including phenoxy) is 1. The molecule has 44 heavy (non-hydrogen) atoms. The second-order valence-corrected chi connectivity index (χ2v) is 11.6. The van der Waals surface area contributed by atoms with Crippen molar-refractivity contribution in [2.75, 3.05) is 7.11 Å². The number of aldehydes is 1. The molecular weight excluding hydrogens is 594 g/mol. The zero-order valence-corrected chi connectivity index (χ0v) is 24.9. The Morgan fingerprint density at radius 3 is 1.48 bits per heavy atom. The van der Waals surface area contributed by atoms with E-state index >= 15 is 0 Å². The Balaban J connectivity index is 0.000000241. The Bertz CT molecular complexity index is 1610. The average molecular weight is 625 g/mol. The molecule has 0 atom stereocenters. The number of carbonyl (C=O) groups is 2. The number of pyridine rings is 2. The summed E-state index contributed by atoms with van der Waals surface area (Å²) < 4.78 is 82.5. The quantitative estimate of drug-likeness (QED) is 0.140. The molecule has 4 heterocycles. The summed E-state index contributed by atoms with van der Waals surface area (Å²) in [6.07, 6.45) is -3.87. The van der Waals surface area contributed by atoms with Crippen LogP contribution in [0.5, 0.6) is 0 Å². The maximum absolute atomic E-state index is 12.6. The van der Waals surface area contributed by atoms with Gasteiger partial charge in [0.05, 0.1) is 35.2 Å². The summed E-state index contributed by atoms with van der Waals surface area (Å²) in [5, 5.41) is 8.54. The van der Waals surface area contributed by atoms with Crippen LogP contribution in [0.4, 0.5) is 26.3 Å². The van der Waals surface area contributed by atoms with Crippen LogP contribution < -0.4 is 0 Å². The molecule has 0 unspecified atom stereocenters. The lowest BCUT2D eigenvalue weighted by Gasteiger charge is -2.16. The number of nitrogens with zero attached hydrogens (tertiary/aromatic N) is 6. The first-order valence-electron chi connectivity index (χ1n) is 13.0. The Hall–Kier alpha value is -4.56. The summed E-state index contributed by atoms with van der Waals surface area (Å²) in [5.41, 5.74) is -0.785. The summed E-state index contributed by atoms with van der Waals surface area (Å²) in [5.74, 6) is -0.159. The Morgan fingerprint density at radius 2 is 1.16 bits per heavy atom. The van der Waals surface area contributed by atoms with Crippen LogP contribution in [-0.2, 0) is 27.9 Å². The summed E-state index contributed by atoms with van der Waals surface area (Å²) >= 11 is 0. The topological polar surface area (TPSA) is 105 Å². The molecule has 15 heteroatoms. The van der Waals surface area contributed by atoms with Crippen molar-refractivity contribution in [2.45, 2.75) is 64.7 Å². The second kappa shape index (κ2) is 12.2. The van der Waals surface area contributed by atoms with Crippen molar-refractivity contribution in [1.82, 2.24) is 29.5 Å². The molecule has 0 N–H and O–H groups in total. The largest absolute Gasteiger partial charge is 0.465 e. The van der Waals surface area contributed by atoms with E-state index in [4.69, 9.17) is 4.74 Å². The summed E-state index contributed by atoms with van der Waals surface area (Å²) in [6.45, 7) is 11.3. The van der Waals surface area contributed by atoms with Crippen LogP contribution in [0.25, 0.3) is 11.6 Å². The van der Waals surface area contributed by atoms with Gasteiger partial charge in [0.2, 0.25) is 0 Å². The van der Waals surface area contributed by atoms with E-state index in [1.165, 1.54) is 41.0 Å². The molecule has 0 spiro atoms. The molecular formula is C29H30F6N6O3. The van der Waals surface area contributed by atoms with Crippen molar-refractivity contribution < 1.29 is 40.7 Å². The van der Waals surface area contributed by atoms with Crippen LogP contribution in [0.2, 0.25) is 0 Å². The summed E-state index contributed by atoms with van der Waals surface area (Å²) in [7, 11) is 1.25. The number of esters is 1. The van der Waals surface area contributed by atoms with Crippen molar-refractivity contribution in [3.05, 3.63) is 82.7 Å². The highest BCUT2D eigenvalue weighted by molar-refractivity contribution is 5.90. The first kappa shape index (κ1) is 33.9. The fourth-order valence-corrected chi connectivity index (χ4v) is 3.86. The lowest BCUT2D eigenvalue weighted by atomic mass is 9.90. The molecule has 0 amide bonds. The highest BCUT2D eigenvalue weighted by atomic mass is 19.4. The van der Waals surface area contributed by atoms with Crippen LogP contribution in [0.15, 0.2) is 49.1 Å². The normalized spacial score (nSPS) is 12.4. The van der Waals surface area contributed by atoms with Gasteiger partial charge in [-0.2, -0.15) is 36.5 Å². The number of aromatic nitrogens is 6. The third kappa shape index (κ3) is 7.88. The van der Waals surface area contributed by atoms with Crippen molar-refractivity contribution in [2.24, 2.45) is 0 Å². The lowest BCUT2D eigenvalue weighted by molar-refractivity contribution is -0.138. The second-order valence-electron chi connectivity index (χ2n) is 11.6. The van der Waals surface area contributed by atoms with Gasteiger partial charge in [0.15, 0.2) is 17.9 Å². The van der Waals surface area contributed by atoms with Gasteiger partial charge in [-0.25, -0.2) is 24.1 Å². The van der Waals surface area contributed by atoms with E-state index in [9.17, 15) is 35.9 Å². The smallest absolute Gasteiger partial charge is 0.417 e. The molecule has 0 fully saturated rings. The molecule has 0 radical (unpaired) electrons. The molecule has 0 bridgehead atoms. The third-order valence-corrected chi connectivity index (χ3v) is 6.03. The number of methoxy groups -OCH3 is 1. The predicted molar refractivity (Wildman–Crippen MR) is 147 cm³/mol. The van der Waals surface area contributed by atoms with E-state index in [0.717, 1.165) is 24.5 Å². The average Bonchev–Trinajstić information content (AvgIpc) is 3.58. The number of carbonyl (C=O) groups excluding carboxylic acids is 2. The van der Waals surface area contributed by atoms with Gasteiger partial charge in [-0.1, -0.05) is 41.5 Å². The summed E-state index contributed by atoms with van der Waals surface area (Å²) in [6, 6.07) is 4.26. The molecule has 9 nitrogen and oxygen atoms in total. The number of hydrogen-bond acceptors (Lipinski definition) is 7.